The number of aromatic nitrogens is 1. The number of esters is 1. The van der Waals surface area contributed by atoms with E-state index in [4.69, 9.17) is 4.74 Å². The molecule has 5 nitrogen and oxygen atoms in total. The molecule has 0 N–H and O–H groups in total. The normalized spacial score (nSPS) is 41.0. The van der Waals surface area contributed by atoms with Gasteiger partial charge in [0.05, 0.1) is 5.41 Å². The van der Waals surface area contributed by atoms with Crippen molar-refractivity contribution in [1.82, 2.24) is 4.98 Å². The van der Waals surface area contributed by atoms with Crippen molar-refractivity contribution in [2.24, 2.45) is 50.7 Å². The second-order valence-electron chi connectivity index (χ2n) is 17.0. The van der Waals surface area contributed by atoms with Crippen LogP contribution in [0.3, 0.4) is 0 Å². The zero-order valence-corrected chi connectivity index (χ0v) is 28.6. The van der Waals surface area contributed by atoms with Crippen molar-refractivity contribution >= 4 is 17.5 Å². The van der Waals surface area contributed by atoms with Gasteiger partial charge in [-0.1, -0.05) is 54.5 Å². The van der Waals surface area contributed by atoms with Gasteiger partial charge < -0.3 is 4.74 Å². The zero-order valence-electron chi connectivity index (χ0n) is 28.6. The number of hydrogen-bond acceptors (Lipinski definition) is 5. The number of aryl methyl sites for hydroxylation is 1. The molecule has 0 aliphatic heterocycles. The highest BCUT2D eigenvalue weighted by Crippen LogP contribution is 2.76. The van der Waals surface area contributed by atoms with Crippen LogP contribution in [0.2, 0.25) is 0 Å². The van der Waals surface area contributed by atoms with Crippen LogP contribution < -0.4 is 0 Å². The monoisotopic (exact) mass is 601 g/mol. The average molecular weight is 602 g/mol. The molecule has 5 heteroatoms. The second kappa shape index (κ2) is 10.6. The Bertz CT molecular complexity index is 1380. The van der Waals surface area contributed by atoms with Crippen LogP contribution in [-0.4, -0.2) is 28.6 Å². The van der Waals surface area contributed by atoms with Gasteiger partial charge in [0.25, 0.3) is 0 Å². The molecule has 5 aliphatic carbocycles. The molecule has 0 bridgehead atoms. The van der Waals surface area contributed by atoms with Gasteiger partial charge >= 0.3 is 5.97 Å². The minimum atomic E-state index is -0.635. The summed E-state index contributed by atoms with van der Waals surface area (Å²) in [6.45, 7) is 18.2. The molecule has 0 aromatic carbocycles. The fraction of sp³-hybridized carbons (Fsp3) is 0.744. The van der Waals surface area contributed by atoms with E-state index in [-0.39, 0.29) is 57.1 Å². The first-order valence-corrected chi connectivity index (χ1v) is 17.5. The van der Waals surface area contributed by atoms with Gasteiger partial charge in [0.1, 0.15) is 11.9 Å². The minimum Gasteiger partial charge on any atom is -0.462 e. The largest absolute Gasteiger partial charge is 0.462 e. The van der Waals surface area contributed by atoms with Crippen LogP contribution in [-0.2, 0) is 25.5 Å². The van der Waals surface area contributed by atoms with Crippen LogP contribution >= 0.6 is 0 Å². The third kappa shape index (κ3) is 4.37. The van der Waals surface area contributed by atoms with E-state index >= 15 is 0 Å². The Labute approximate surface area is 265 Å². The fourth-order valence-electron chi connectivity index (χ4n) is 12.4. The van der Waals surface area contributed by atoms with Gasteiger partial charge in [-0.2, -0.15) is 0 Å². The predicted molar refractivity (Wildman–Crippen MR) is 173 cm³/mol. The summed E-state index contributed by atoms with van der Waals surface area (Å²) >= 11 is 0. The first-order chi connectivity index (χ1) is 20.6. The maximum absolute atomic E-state index is 14.4. The van der Waals surface area contributed by atoms with Crippen molar-refractivity contribution in [3.8, 4) is 0 Å². The third-order valence-corrected chi connectivity index (χ3v) is 14.5. The molecule has 0 amide bonds. The Balaban J connectivity index is 1.36. The van der Waals surface area contributed by atoms with Crippen LogP contribution in [0, 0.1) is 50.7 Å². The highest BCUT2D eigenvalue weighted by atomic mass is 16.5. The van der Waals surface area contributed by atoms with Gasteiger partial charge in [-0.15, -0.1) is 0 Å². The van der Waals surface area contributed by atoms with Crippen LogP contribution in [0.5, 0.6) is 0 Å². The maximum Gasteiger partial charge on any atom is 0.302 e. The van der Waals surface area contributed by atoms with Crippen molar-refractivity contribution in [2.45, 2.75) is 132 Å². The number of Topliss-reactive ketones (excluding diaryl/α,β-unsaturated/α-hetero) is 2. The van der Waals surface area contributed by atoms with E-state index in [1.807, 2.05) is 18.2 Å². The molecule has 5 aliphatic rings. The minimum absolute atomic E-state index is 0.0231. The summed E-state index contributed by atoms with van der Waals surface area (Å²) in [5, 5.41) is 0. The van der Waals surface area contributed by atoms with Gasteiger partial charge in [-0.25, -0.2) is 0 Å². The van der Waals surface area contributed by atoms with Crippen LogP contribution in [0.4, 0.5) is 0 Å². The number of ketones is 2. The summed E-state index contributed by atoms with van der Waals surface area (Å²) in [5.41, 5.74) is 2.81. The fourth-order valence-corrected chi connectivity index (χ4v) is 12.4. The number of fused-ring (bicyclic) bond motifs is 7. The van der Waals surface area contributed by atoms with Gasteiger partial charge in [0.15, 0.2) is 5.78 Å². The molecule has 4 saturated carbocycles. The molecule has 1 heterocycles. The molecule has 44 heavy (non-hydrogen) atoms. The lowest BCUT2D eigenvalue weighted by atomic mass is 9.33. The van der Waals surface area contributed by atoms with Crippen molar-refractivity contribution in [3.05, 3.63) is 41.2 Å². The van der Waals surface area contributed by atoms with E-state index in [1.165, 1.54) is 5.57 Å². The quantitative estimate of drug-likeness (QED) is 0.306. The number of pyridine rings is 1. The lowest BCUT2D eigenvalue weighted by molar-refractivity contribution is -0.232. The number of hydrogen-bond donors (Lipinski definition) is 0. The molecular weight excluding hydrogens is 546 g/mol. The third-order valence-electron chi connectivity index (χ3n) is 14.5. The van der Waals surface area contributed by atoms with Crippen molar-refractivity contribution < 1.29 is 19.1 Å². The van der Waals surface area contributed by atoms with E-state index in [1.54, 1.807) is 13.1 Å². The van der Waals surface area contributed by atoms with Crippen LogP contribution in [0.1, 0.15) is 125 Å². The molecule has 0 radical (unpaired) electrons. The van der Waals surface area contributed by atoms with Gasteiger partial charge in [0, 0.05) is 37.1 Å². The van der Waals surface area contributed by atoms with E-state index < -0.39 is 5.41 Å². The van der Waals surface area contributed by atoms with E-state index in [9.17, 15) is 14.4 Å². The molecule has 0 saturated heterocycles. The molecule has 8 atom stereocenters. The molecule has 4 fully saturated rings. The van der Waals surface area contributed by atoms with Crippen molar-refractivity contribution in [1.29, 1.82) is 0 Å². The number of nitrogens with zero attached hydrogens (tertiary/aromatic N) is 1. The smallest absolute Gasteiger partial charge is 0.302 e. The van der Waals surface area contributed by atoms with E-state index in [0.29, 0.717) is 31.1 Å². The van der Waals surface area contributed by atoms with Crippen LogP contribution in [0.15, 0.2) is 35.5 Å². The lowest BCUT2D eigenvalue weighted by Crippen LogP contribution is -2.66. The molecule has 240 valence electrons. The Kier molecular flexibility index (Phi) is 7.65. The predicted octanol–water partition coefficient (Wildman–Crippen LogP) is 8.50. The van der Waals surface area contributed by atoms with Crippen molar-refractivity contribution in [2.75, 3.05) is 0 Å². The average Bonchev–Trinajstić information content (AvgIpc) is 3.27. The number of carbonyl (C=O) groups excluding carboxylic acids is 3. The molecule has 1 aromatic heterocycles. The summed E-state index contributed by atoms with van der Waals surface area (Å²) in [7, 11) is 0. The molecule has 1 aromatic rings. The van der Waals surface area contributed by atoms with E-state index in [2.05, 4.69) is 53.5 Å². The first kappa shape index (κ1) is 31.7. The van der Waals surface area contributed by atoms with Crippen molar-refractivity contribution in [3.63, 3.8) is 0 Å². The van der Waals surface area contributed by atoms with Crippen LogP contribution in [0.25, 0.3) is 0 Å². The molecule has 6 rings (SSSR count). The van der Waals surface area contributed by atoms with Gasteiger partial charge in [0.2, 0.25) is 0 Å². The molecule has 0 spiro atoms. The van der Waals surface area contributed by atoms with E-state index in [0.717, 1.165) is 62.6 Å². The topological polar surface area (TPSA) is 73.3 Å². The summed E-state index contributed by atoms with van der Waals surface area (Å²) in [6.07, 6.45) is 11.5. The van der Waals surface area contributed by atoms with Gasteiger partial charge in [-0.3, -0.25) is 19.4 Å². The summed E-state index contributed by atoms with van der Waals surface area (Å²) < 4.78 is 5.93. The Morgan fingerprint density at radius 1 is 0.932 bits per heavy atom. The summed E-state index contributed by atoms with van der Waals surface area (Å²) in [6, 6.07) is 5.89. The zero-order chi connectivity index (χ0) is 31.9. The lowest BCUT2D eigenvalue weighted by Gasteiger charge is -2.72. The Hall–Kier alpha value is -2.30. The highest BCUT2D eigenvalue weighted by Gasteiger charge is 2.70. The second-order valence-corrected chi connectivity index (χ2v) is 17.0. The Morgan fingerprint density at radius 3 is 2.34 bits per heavy atom. The number of ether oxygens (including phenoxy) is 1. The summed E-state index contributed by atoms with van der Waals surface area (Å²) in [4.78, 5) is 44.8. The molecule has 0 unspecified atom stereocenters. The number of carbonyl (C=O) groups is 3. The SMILES string of the molecule is CC(=O)O[C@H]1CC[C@]2(C)[C@H]3CC[C@@H]4C5=C(C(C)C)C(=O)C[C@]5(C(=O)CCc5ccccn5)CC[C@@]4(C)[C@]3(C)CC[C@H]2C1(C)C. The standard InChI is InChI=1S/C39H55NO4/c1-24(2)33-28(42)23-39(31(43)15-12-26-11-9-10-22-40-26)21-20-37(7)27(34(33)39)13-14-30-36(6)18-17-32(44-25(3)41)35(4,5)29(36)16-19-38(30,37)8/h9-11,22,24,27,29-30,32H,12-21,23H2,1-8H3/t27-,29+,30-,32+,36+,37-,38-,39+/m1/s1. The van der Waals surface area contributed by atoms with Gasteiger partial charge in [-0.05, 0) is 121 Å². The summed E-state index contributed by atoms with van der Waals surface area (Å²) in [5.74, 6) is 1.78. The first-order valence-electron chi connectivity index (χ1n) is 17.5. The number of allylic oxidation sites excluding steroid dienone is 2. The maximum atomic E-state index is 14.4. The highest BCUT2D eigenvalue weighted by molar-refractivity contribution is 6.07. The molecular formula is C39H55NO4. The Morgan fingerprint density at radius 2 is 1.68 bits per heavy atom. The number of rotatable bonds is 6.